The zero-order chi connectivity index (χ0) is 28.5. The first-order chi connectivity index (χ1) is 17.2. The molecule has 228 valence electrons. The van der Waals surface area contributed by atoms with Gasteiger partial charge in [-0.15, -0.1) is 0 Å². The Labute approximate surface area is 249 Å². The molecule has 5 heteroatoms. The van der Waals surface area contributed by atoms with Gasteiger partial charge in [0.2, 0.25) is 0 Å². The minimum absolute atomic E-state index is 0. The summed E-state index contributed by atoms with van der Waals surface area (Å²) in [5.74, 6) is 0. The number of hydrogen-bond acceptors (Lipinski definition) is 4. The summed E-state index contributed by atoms with van der Waals surface area (Å²) in [5.41, 5.74) is 0. The van der Waals surface area contributed by atoms with Gasteiger partial charge in [0.1, 0.15) is 0 Å². The smallest absolute Gasteiger partial charge is 0.0537 e. The predicted molar refractivity (Wildman–Crippen MR) is 162 cm³/mol. The molecule has 0 aliphatic carbocycles. The molecule has 0 fully saturated rings. The van der Waals surface area contributed by atoms with Crippen molar-refractivity contribution in [3.8, 4) is 0 Å². The Morgan fingerprint density at radius 1 is 0.324 bits per heavy atom. The Balaban J connectivity index is -0.000000122. The molecular formula is C32H72O4Ti. The van der Waals surface area contributed by atoms with Gasteiger partial charge in [0.05, 0.1) is 24.4 Å². The molecule has 0 rings (SSSR count). The van der Waals surface area contributed by atoms with Crippen molar-refractivity contribution in [2.45, 2.75) is 208 Å². The normalized spacial score (nSPS) is 13.3. The average Bonchev–Trinajstić information content (AvgIpc) is 2.89. The van der Waals surface area contributed by atoms with E-state index in [1.54, 1.807) is 0 Å². The third-order valence-electron chi connectivity index (χ3n) is 6.45. The van der Waals surface area contributed by atoms with Crippen LogP contribution in [0.2, 0.25) is 0 Å². The summed E-state index contributed by atoms with van der Waals surface area (Å²) in [6, 6.07) is 0. The molecule has 0 radical (unpaired) electrons. The van der Waals surface area contributed by atoms with Crippen molar-refractivity contribution < 1.29 is 42.1 Å². The van der Waals surface area contributed by atoms with Crippen LogP contribution in [0.25, 0.3) is 0 Å². The maximum Gasteiger partial charge on any atom is 0.0537 e. The second-order valence-electron chi connectivity index (χ2n) is 10.2. The first kappa shape index (κ1) is 47.3. The molecule has 0 spiro atoms. The second kappa shape index (κ2) is 43.6. The zero-order valence-corrected chi connectivity index (χ0v) is 28.3. The summed E-state index contributed by atoms with van der Waals surface area (Å²) < 4.78 is 0. The molecule has 0 bridgehead atoms. The third kappa shape index (κ3) is 53.5. The molecule has 4 unspecified atom stereocenters. The van der Waals surface area contributed by atoms with Crippen LogP contribution in [0.3, 0.4) is 0 Å². The van der Waals surface area contributed by atoms with Crippen molar-refractivity contribution in [1.82, 2.24) is 0 Å². The summed E-state index contributed by atoms with van der Waals surface area (Å²) in [5, 5.41) is 36.3. The van der Waals surface area contributed by atoms with Gasteiger partial charge in [0.15, 0.2) is 0 Å². The molecule has 0 heterocycles. The first-order valence-corrected chi connectivity index (χ1v) is 16.0. The van der Waals surface area contributed by atoms with E-state index in [4.69, 9.17) is 20.4 Å². The number of aliphatic hydroxyl groups is 4. The third-order valence-corrected chi connectivity index (χ3v) is 6.45. The van der Waals surface area contributed by atoms with Crippen LogP contribution >= 0.6 is 0 Å². The van der Waals surface area contributed by atoms with E-state index in [9.17, 15) is 0 Å². The predicted octanol–water partition coefficient (Wildman–Crippen LogP) is 9.35. The Kier molecular flexibility index (Phi) is 55.8. The quantitative estimate of drug-likeness (QED) is 0.0871. The van der Waals surface area contributed by atoms with E-state index < -0.39 is 0 Å². The fraction of sp³-hybridized carbons (Fsp3) is 1.00. The van der Waals surface area contributed by atoms with Crippen molar-refractivity contribution >= 4 is 0 Å². The van der Waals surface area contributed by atoms with Gasteiger partial charge in [-0.25, -0.2) is 0 Å². The molecule has 0 saturated heterocycles. The first-order valence-electron chi connectivity index (χ1n) is 16.0. The van der Waals surface area contributed by atoms with Crippen molar-refractivity contribution in [3.63, 3.8) is 0 Å². The van der Waals surface area contributed by atoms with E-state index in [-0.39, 0.29) is 46.1 Å². The second-order valence-corrected chi connectivity index (χ2v) is 10.2. The van der Waals surface area contributed by atoms with Crippen molar-refractivity contribution in [2.75, 3.05) is 0 Å². The summed E-state index contributed by atoms with van der Waals surface area (Å²) in [4.78, 5) is 0. The largest absolute Gasteiger partial charge is 0.393 e. The summed E-state index contributed by atoms with van der Waals surface area (Å²) in [6.07, 6.45) is 22.2. The zero-order valence-electron chi connectivity index (χ0n) is 26.7. The monoisotopic (exact) mass is 568 g/mol. The summed E-state index contributed by atoms with van der Waals surface area (Å²) in [6.45, 7) is 16.8. The van der Waals surface area contributed by atoms with Crippen molar-refractivity contribution in [1.29, 1.82) is 0 Å². The Bertz CT molecular complexity index is 281. The SMILES string of the molecule is CCCCCC(O)CC.CCCCCC(O)CC.CCCCCC(O)CC.CCCCCC(O)CC.[Ti]. The fourth-order valence-corrected chi connectivity index (χ4v) is 3.34. The maximum absolute atomic E-state index is 9.08. The number of hydrogen-bond donors (Lipinski definition) is 4. The Morgan fingerprint density at radius 3 is 0.595 bits per heavy atom. The number of aliphatic hydroxyl groups excluding tert-OH is 4. The standard InChI is InChI=1S/4C8H18O.Ti/c4*1-3-5-6-7-8(9)4-2;/h4*8-9H,3-7H2,1-2H3;. The van der Waals surface area contributed by atoms with Crippen LogP contribution in [-0.2, 0) is 21.7 Å². The van der Waals surface area contributed by atoms with Crippen molar-refractivity contribution in [3.05, 3.63) is 0 Å². The van der Waals surface area contributed by atoms with Gasteiger partial charge < -0.3 is 20.4 Å². The maximum atomic E-state index is 9.08. The topological polar surface area (TPSA) is 80.9 Å². The van der Waals surface area contributed by atoms with E-state index >= 15 is 0 Å². The molecule has 0 aromatic carbocycles. The van der Waals surface area contributed by atoms with Gasteiger partial charge in [0.25, 0.3) is 0 Å². The van der Waals surface area contributed by atoms with E-state index in [1.807, 2.05) is 27.7 Å². The van der Waals surface area contributed by atoms with Crippen LogP contribution in [0.4, 0.5) is 0 Å². The van der Waals surface area contributed by atoms with Gasteiger partial charge in [-0.1, -0.05) is 132 Å². The van der Waals surface area contributed by atoms with Gasteiger partial charge in [-0.2, -0.15) is 0 Å². The minimum atomic E-state index is -0.0449. The van der Waals surface area contributed by atoms with Gasteiger partial charge in [-0.3, -0.25) is 0 Å². The number of rotatable bonds is 20. The molecule has 0 saturated carbocycles. The van der Waals surface area contributed by atoms with E-state index in [0.29, 0.717) is 0 Å². The van der Waals surface area contributed by atoms with Crippen molar-refractivity contribution in [2.24, 2.45) is 0 Å². The van der Waals surface area contributed by atoms with E-state index in [2.05, 4.69) is 27.7 Å². The molecule has 0 aliphatic rings. The van der Waals surface area contributed by atoms with Gasteiger partial charge in [0, 0.05) is 21.7 Å². The van der Waals surface area contributed by atoms with Gasteiger partial charge in [-0.05, 0) is 51.4 Å². The Hall–Kier alpha value is 0.554. The summed E-state index contributed by atoms with van der Waals surface area (Å²) >= 11 is 0. The fourth-order valence-electron chi connectivity index (χ4n) is 3.34. The molecule has 0 amide bonds. The molecule has 37 heavy (non-hydrogen) atoms. The van der Waals surface area contributed by atoms with Crippen LogP contribution < -0.4 is 0 Å². The molecule has 0 aliphatic heterocycles. The molecular weight excluding hydrogens is 496 g/mol. The van der Waals surface area contributed by atoms with E-state index in [1.165, 1.54) is 77.0 Å². The van der Waals surface area contributed by atoms with Gasteiger partial charge >= 0.3 is 0 Å². The molecule has 4 N–H and O–H groups in total. The minimum Gasteiger partial charge on any atom is -0.393 e. The average molecular weight is 569 g/mol. The molecule has 4 atom stereocenters. The molecule has 0 aromatic rings. The van der Waals surface area contributed by atoms with Crippen LogP contribution in [-0.4, -0.2) is 44.8 Å². The van der Waals surface area contributed by atoms with E-state index in [0.717, 1.165) is 51.4 Å². The summed E-state index contributed by atoms with van der Waals surface area (Å²) in [7, 11) is 0. The van der Waals surface area contributed by atoms with Crippen LogP contribution in [0.1, 0.15) is 184 Å². The molecule has 4 nitrogen and oxygen atoms in total. The van der Waals surface area contributed by atoms with Crippen LogP contribution in [0, 0.1) is 0 Å². The van der Waals surface area contributed by atoms with Crippen LogP contribution in [0.15, 0.2) is 0 Å². The Morgan fingerprint density at radius 2 is 0.486 bits per heavy atom. The van der Waals surface area contributed by atoms with Crippen LogP contribution in [0.5, 0.6) is 0 Å². The molecule has 0 aromatic heterocycles. The number of unbranched alkanes of at least 4 members (excludes halogenated alkanes) is 8.